The number of aromatic amines is 2. The van der Waals surface area contributed by atoms with Gasteiger partial charge in [0.15, 0.2) is 11.6 Å². The number of nitrogens with one attached hydrogen (secondary N) is 3. The number of ether oxygens (including phenoxy) is 1. The second-order valence-corrected chi connectivity index (χ2v) is 5.87. The maximum Gasteiger partial charge on any atom is 0.340 e. The first-order chi connectivity index (χ1) is 10.7. The summed E-state index contributed by atoms with van der Waals surface area (Å²) >= 11 is 0. The van der Waals surface area contributed by atoms with Crippen LogP contribution in [0.5, 0.6) is 5.75 Å². The third kappa shape index (κ3) is 2.77. The zero-order valence-electron chi connectivity index (χ0n) is 12.3. The van der Waals surface area contributed by atoms with Gasteiger partial charge in [-0.05, 0) is 31.3 Å². The van der Waals surface area contributed by atoms with E-state index in [2.05, 4.69) is 20.5 Å². The first-order valence-corrected chi connectivity index (χ1v) is 7.37. The molecular formula is C15H17ClN4O3. The minimum absolute atomic E-state index is 0. The summed E-state index contributed by atoms with van der Waals surface area (Å²) in [6, 6.07) is 5.33. The first kappa shape index (κ1) is 15.8. The summed E-state index contributed by atoms with van der Waals surface area (Å²) in [5.74, 6) is 1.13. The van der Waals surface area contributed by atoms with Crippen LogP contribution in [0.25, 0.3) is 11.4 Å². The van der Waals surface area contributed by atoms with Gasteiger partial charge in [-0.25, -0.2) is 9.89 Å². The van der Waals surface area contributed by atoms with Crippen molar-refractivity contribution in [3.05, 3.63) is 34.2 Å². The van der Waals surface area contributed by atoms with Crippen molar-refractivity contribution in [2.75, 3.05) is 13.1 Å². The molecule has 8 heteroatoms. The molecule has 0 amide bonds. The van der Waals surface area contributed by atoms with E-state index in [0.29, 0.717) is 29.1 Å². The Labute approximate surface area is 138 Å². The molecule has 23 heavy (non-hydrogen) atoms. The van der Waals surface area contributed by atoms with Gasteiger partial charge in [0.1, 0.15) is 11.4 Å². The van der Waals surface area contributed by atoms with E-state index in [0.717, 1.165) is 25.9 Å². The van der Waals surface area contributed by atoms with E-state index in [1.54, 1.807) is 18.2 Å². The van der Waals surface area contributed by atoms with Gasteiger partial charge in [-0.2, -0.15) is 5.10 Å². The number of ketones is 1. The van der Waals surface area contributed by atoms with Crippen LogP contribution >= 0.6 is 12.4 Å². The molecule has 1 fully saturated rings. The molecule has 2 aliphatic rings. The van der Waals surface area contributed by atoms with Gasteiger partial charge in [0.05, 0.1) is 12.0 Å². The minimum Gasteiger partial charge on any atom is -0.486 e. The number of hydrogen-bond donors (Lipinski definition) is 3. The van der Waals surface area contributed by atoms with Gasteiger partial charge in [0.25, 0.3) is 0 Å². The van der Waals surface area contributed by atoms with Crippen molar-refractivity contribution in [1.82, 2.24) is 20.5 Å². The van der Waals surface area contributed by atoms with Gasteiger partial charge < -0.3 is 10.1 Å². The average Bonchev–Trinajstić information content (AvgIpc) is 2.94. The third-order valence-electron chi connectivity index (χ3n) is 4.38. The fourth-order valence-corrected chi connectivity index (χ4v) is 3.21. The number of Topliss-reactive ketones (excluding diaryl/α,β-unsaturated/α-hetero) is 1. The second kappa shape index (κ2) is 5.82. The van der Waals surface area contributed by atoms with Gasteiger partial charge in [-0.3, -0.25) is 9.78 Å². The van der Waals surface area contributed by atoms with Crippen molar-refractivity contribution < 1.29 is 9.53 Å². The Bertz CT molecular complexity index is 792. The molecule has 4 rings (SSSR count). The summed E-state index contributed by atoms with van der Waals surface area (Å²) < 4.78 is 6.17. The summed E-state index contributed by atoms with van der Waals surface area (Å²) in [4.78, 5) is 26.3. The number of piperidine rings is 1. The number of carbonyl (C=O) groups is 1. The summed E-state index contributed by atoms with van der Waals surface area (Å²) in [7, 11) is 0. The van der Waals surface area contributed by atoms with Crippen LogP contribution in [-0.2, 0) is 0 Å². The highest BCUT2D eigenvalue weighted by atomic mass is 35.5. The molecule has 0 saturated carbocycles. The fraction of sp³-hybridized carbons (Fsp3) is 0.400. The molecule has 7 nitrogen and oxygen atoms in total. The highest BCUT2D eigenvalue weighted by molar-refractivity contribution is 6.01. The van der Waals surface area contributed by atoms with E-state index >= 15 is 0 Å². The Kier molecular flexibility index (Phi) is 3.99. The van der Waals surface area contributed by atoms with E-state index in [9.17, 15) is 9.59 Å². The Morgan fingerprint density at radius 3 is 2.65 bits per heavy atom. The standard InChI is InChI=1S/C15H16N4O3.ClH/c20-11-8-15(3-5-16-6-4-15)22-12-2-1-9(7-10(11)12)13-17-14(21)19-18-13;/h1-2,7,16H,3-6,8H2,(H2,17,18,19,21);1H. The Morgan fingerprint density at radius 1 is 1.17 bits per heavy atom. The summed E-state index contributed by atoms with van der Waals surface area (Å²) in [5.41, 5.74) is 0.516. The molecule has 2 aliphatic heterocycles. The van der Waals surface area contributed by atoms with Crippen LogP contribution in [0, 0.1) is 0 Å². The molecule has 1 aromatic carbocycles. The highest BCUT2D eigenvalue weighted by Gasteiger charge is 2.41. The lowest BCUT2D eigenvalue weighted by Gasteiger charge is -2.40. The van der Waals surface area contributed by atoms with Crippen LogP contribution in [0.15, 0.2) is 23.0 Å². The predicted octanol–water partition coefficient (Wildman–Crippen LogP) is 1.27. The van der Waals surface area contributed by atoms with Crippen molar-refractivity contribution in [1.29, 1.82) is 0 Å². The number of aromatic nitrogens is 3. The molecule has 0 radical (unpaired) electrons. The zero-order chi connectivity index (χ0) is 15.2. The number of halogens is 1. The summed E-state index contributed by atoms with van der Waals surface area (Å²) in [5, 5.41) is 9.50. The fourth-order valence-electron chi connectivity index (χ4n) is 3.21. The van der Waals surface area contributed by atoms with E-state index in [1.807, 2.05) is 0 Å². The molecule has 1 aromatic heterocycles. The van der Waals surface area contributed by atoms with Crippen molar-refractivity contribution >= 4 is 18.2 Å². The minimum atomic E-state index is -0.371. The largest absolute Gasteiger partial charge is 0.486 e. The number of benzene rings is 1. The van der Waals surface area contributed by atoms with Gasteiger partial charge >= 0.3 is 5.69 Å². The van der Waals surface area contributed by atoms with Crippen molar-refractivity contribution in [3.8, 4) is 17.1 Å². The van der Waals surface area contributed by atoms with Crippen LogP contribution < -0.4 is 15.7 Å². The Morgan fingerprint density at radius 2 is 1.96 bits per heavy atom. The maximum atomic E-state index is 12.5. The summed E-state index contributed by atoms with van der Waals surface area (Å²) in [6.07, 6.45) is 2.08. The lowest BCUT2D eigenvalue weighted by molar-refractivity contribution is 0.0188. The van der Waals surface area contributed by atoms with Crippen molar-refractivity contribution in [2.24, 2.45) is 0 Å². The normalized spacial score (nSPS) is 18.9. The van der Waals surface area contributed by atoms with Crippen LogP contribution in [0.1, 0.15) is 29.6 Å². The molecule has 0 bridgehead atoms. The molecule has 3 heterocycles. The molecule has 0 unspecified atom stereocenters. The quantitative estimate of drug-likeness (QED) is 0.728. The van der Waals surface area contributed by atoms with Crippen LogP contribution in [0.2, 0.25) is 0 Å². The lowest BCUT2D eigenvalue weighted by atomic mass is 9.83. The van der Waals surface area contributed by atoms with Crippen LogP contribution in [0.4, 0.5) is 0 Å². The monoisotopic (exact) mass is 336 g/mol. The van der Waals surface area contributed by atoms with Gasteiger partial charge in [0.2, 0.25) is 0 Å². The molecular weight excluding hydrogens is 320 g/mol. The number of carbonyl (C=O) groups excluding carboxylic acids is 1. The maximum absolute atomic E-state index is 12.5. The first-order valence-electron chi connectivity index (χ1n) is 7.37. The second-order valence-electron chi connectivity index (χ2n) is 5.87. The summed E-state index contributed by atoms with van der Waals surface area (Å²) in [6.45, 7) is 1.74. The van der Waals surface area contributed by atoms with Crippen molar-refractivity contribution in [2.45, 2.75) is 24.9 Å². The van der Waals surface area contributed by atoms with E-state index < -0.39 is 0 Å². The Balaban J connectivity index is 0.00000156. The number of hydrogen-bond acceptors (Lipinski definition) is 5. The molecule has 3 N–H and O–H groups in total. The van der Waals surface area contributed by atoms with Crippen LogP contribution in [0.3, 0.4) is 0 Å². The number of fused-ring (bicyclic) bond motifs is 1. The number of H-pyrrole nitrogens is 2. The van der Waals surface area contributed by atoms with Crippen LogP contribution in [-0.4, -0.2) is 39.7 Å². The SMILES string of the molecule is Cl.O=C1CC2(CCNCC2)Oc2ccc(-c3n[nH]c(=O)[nH]3)cc21. The van der Waals surface area contributed by atoms with E-state index in [4.69, 9.17) is 4.74 Å². The topological polar surface area (TPSA) is 99.9 Å². The number of nitrogens with zero attached hydrogens (tertiary/aromatic N) is 1. The smallest absolute Gasteiger partial charge is 0.340 e. The average molecular weight is 337 g/mol. The molecule has 2 aromatic rings. The molecule has 1 saturated heterocycles. The van der Waals surface area contributed by atoms with Gasteiger partial charge in [-0.1, -0.05) is 0 Å². The molecule has 1 spiro atoms. The Hall–Kier alpha value is -2.12. The molecule has 0 aliphatic carbocycles. The lowest BCUT2D eigenvalue weighted by Crippen LogP contribution is -2.49. The zero-order valence-corrected chi connectivity index (χ0v) is 13.2. The van der Waals surface area contributed by atoms with E-state index in [-0.39, 0.29) is 29.5 Å². The van der Waals surface area contributed by atoms with Gasteiger partial charge in [0, 0.05) is 18.4 Å². The predicted molar refractivity (Wildman–Crippen MR) is 86.3 cm³/mol. The third-order valence-corrected chi connectivity index (χ3v) is 4.38. The van der Waals surface area contributed by atoms with Gasteiger partial charge in [-0.15, -0.1) is 12.4 Å². The van der Waals surface area contributed by atoms with Crippen molar-refractivity contribution in [3.63, 3.8) is 0 Å². The highest BCUT2D eigenvalue weighted by Crippen LogP contribution is 2.39. The molecule has 122 valence electrons. The molecule has 0 atom stereocenters. The number of rotatable bonds is 1. The van der Waals surface area contributed by atoms with E-state index in [1.165, 1.54) is 0 Å².